The van der Waals surface area contributed by atoms with Crippen molar-refractivity contribution < 1.29 is 28.5 Å². The first-order valence-corrected chi connectivity index (χ1v) is 8.56. The third-order valence-corrected chi connectivity index (χ3v) is 3.86. The van der Waals surface area contributed by atoms with Crippen LogP contribution in [0.25, 0.3) is 0 Å². The molecular formula is C20H23N3O6. The van der Waals surface area contributed by atoms with Crippen molar-refractivity contribution in [3.8, 4) is 23.0 Å². The summed E-state index contributed by atoms with van der Waals surface area (Å²) >= 11 is 0. The van der Waals surface area contributed by atoms with Gasteiger partial charge in [-0.2, -0.15) is 5.10 Å². The fraction of sp³-hybridized carbons (Fsp3) is 0.250. The summed E-state index contributed by atoms with van der Waals surface area (Å²) < 4.78 is 20.7. The number of carbonyl (C=O) groups is 2. The van der Waals surface area contributed by atoms with Crippen LogP contribution in [0.2, 0.25) is 0 Å². The molecular weight excluding hydrogens is 378 g/mol. The molecule has 0 aliphatic carbocycles. The largest absolute Gasteiger partial charge is 0.497 e. The van der Waals surface area contributed by atoms with E-state index in [9.17, 15) is 9.59 Å². The van der Waals surface area contributed by atoms with Crippen molar-refractivity contribution in [3.05, 3.63) is 47.5 Å². The van der Waals surface area contributed by atoms with Crippen molar-refractivity contribution in [3.63, 3.8) is 0 Å². The molecule has 0 atom stereocenters. The maximum absolute atomic E-state index is 12.3. The normalized spacial score (nSPS) is 10.3. The number of hydrogen-bond acceptors (Lipinski definition) is 7. The average molecular weight is 401 g/mol. The first-order valence-electron chi connectivity index (χ1n) is 8.56. The van der Waals surface area contributed by atoms with Gasteiger partial charge in [0.15, 0.2) is 11.5 Å². The van der Waals surface area contributed by atoms with Crippen LogP contribution in [0.15, 0.2) is 41.5 Å². The molecule has 9 nitrogen and oxygen atoms in total. The Labute approximate surface area is 168 Å². The summed E-state index contributed by atoms with van der Waals surface area (Å²) in [6.45, 7) is -0.255. The van der Waals surface area contributed by atoms with E-state index in [1.807, 2.05) is 0 Å². The molecule has 0 saturated carbocycles. The fourth-order valence-corrected chi connectivity index (χ4v) is 2.38. The van der Waals surface area contributed by atoms with Crippen molar-refractivity contribution in [1.82, 2.24) is 10.7 Å². The van der Waals surface area contributed by atoms with Gasteiger partial charge >= 0.3 is 0 Å². The maximum Gasteiger partial charge on any atom is 0.259 e. The number of rotatable bonds is 9. The van der Waals surface area contributed by atoms with Crippen LogP contribution >= 0.6 is 0 Å². The molecule has 9 heteroatoms. The van der Waals surface area contributed by atoms with Gasteiger partial charge in [0.05, 0.1) is 41.2 Å². The number of carbonyl (C=O) groups excluding carboxylic acids is 2. The molecule has 2 aromatic carbocycles. The van der Waals surface area contributed by atoms with E-state index in [0.29, 0.717) is 17.2 Å². The van der Waals surface area contributed by atoms with Crippen LogP contribution < -0.4 is 29.7 Å². The number of amides is 2. The zero-order valence-electron chi connectivity index (χ0n) is 16.6. The maximum atomic E-state index is 12.3. The molecule has 2 amide bonds. The monoisotopic (exact) mass is 401 g/mol. The number of methoxy groups -OCH3 is 4. The summed E-state index contributed by atoms with van der Waals surface area (Å²) in [6.07, 6.45) is 1.48. The van der Waals surface area contributed by atoms with Gasteiger partial charge in [-0.1, -0.05) is 0 Å². The summed E-state index contributed by atoms with van der Waals surface area (Å²) in [5.74, 6) is 0.822. The molecule has 0 aliphatic rings. The first-order chi connectivity index (χ1) is 14.0. The lowest BCUT2D eigenvalue weighted by molar-refractivity contribution is -0.120. The van der Waals surface area contributed by atoms with Crippen molar-refractivity contribution >= 4 is 18.0 Å². The van der Waals surface area contributed by atoms with E-state index in [0.717, 1.165) is 11.3 Å². The second-order valence-electron chi connectivity index (χ2n) is 5.66. The van der Waals surface area contributed by atoms with Crippen LogP contribution in [0, 0.1) is 0 Å². The van der Waals surface area contributed by atoms with Gasteiger partial charge in [-0.05, 0) is 42.0 Å². The zero-order valence-corrected chi connectivity index (χ0v) is 16.6. The van der Waals surface area contributed by atoms with Gasteiger partial charge in [-0.15, -0.1) is 0 Å². The van der Waals surface area contributed by atoms with E-state index in [2.05, 4.69) is 15.8 Å². The fourth-order valence-electron chi connectivity index (χ4n) is 2.38. The van der Waals surface area contributed by atoms with E-state index in [-0.39, 0.29) is 12.1 Å². The van der Waals surface area contributed by atoms with E-state index >= 15 is 0 Å². The molecule has 154 valence electrons. The number of nitrogens with one attached hydrogen (secondary N) is 2. The highest BCUT2D eigenvalue weighted by molar-refractivity contribution is 5.97. The molecule has 0 heterocycles. The topological polar surface area (TPSA) is 107 Å². The molecule has 0 aromatic heterocycles. The van der Waals surface area contributed by atoms with Gasteiger partial charge in [0.25, 0.3) is 11.8 Å². The molecule has 0 bridgehead atoms. The average Bonchev–Trinajstić information content (AvgIpc) is 2.76. The number of ether oxygens (including phenoxy) is 4. The highest BCUT2D eigenvalue weighted by Gasteiger charge is 2.17. The summed E-state index contributed by atoms with van der Waals surface area (Å²) in [6, 6.07) is 10.1. The molecule has 2 aromatic rings. The van der Waals surface area contributed by atoms with Crippen molar-refractivity contribution in [1.29, 1.82) is 0 Å². The highest BCUT2D eigenvalue weighted by Crippen LogP contribution is 2.38. The number of hydrogen-bond donors (Lipinski definition) is 2. The van der Waals surface area contributed by atoms with E-state index < -0.39 is 11.8 Å². The van der Waals surface area contributed by atoms with Gasteiger partial charge in [0, 0.05) is 5.56 Å². The molecule has 0 saturated heterocycles. The zero-order chi connectivity index (χ0) is 21.2. The summed E-state index contributed by atoms with van der Waals surface area (Å²) in [5.41, 5.74) is 3.39. The van der Waals surface area contributed by atoms with Crippen molar-refractivity contribution in [2.45, 2.75) is 0 Å². The van der Waals surface area contributed by atoms with Crippen LogP contribution in [0.3, 0.4) is 0 Å². The summed E-state index contributed by atoms with van der Waals surface area (Å²) in [7, 11) is 5.95. The number of benzene rings is 2. The van der Waals surface area contributed by atoms with Gasteiger partial charge in [-0.3, -0.25) is 9.59 Å². The minimum Gasteiger partial charge on any atom is -0.497 e. The second-order valence-corrected chi connectivity index (χ2v) is 5.66. The number of nitrogens with zero attached hydrogens (tertiary/aromatic N) is 1. The third kappa shape index (κ3) is 5.86. The quantitative estimate of drug-likeness (QED) is 0.488. The first kappa shape index (κ1) is 21.5. The van der Waals surface area contributed by atoms with Crippen molar-refractivity contribution in [2.75, 3.05) is 35.0 Å². The van der Waals surface area contributed by atoms with Crippen LogP contribution in [0.1, 0.15) is 15.9 Å². The molecule has 29 heavy (non-hydrogen) atoms. The molecule has 0 fully saturated rings. The Morgan fingerprint density at radius 1 is 0.931 bits per heavy atom. The van der Waals surface area contributed by atoms with E-state index in [1.165, 1.54) is 39.7 Å². The Morgan fingerprint density at radius 3 is 2.07 bits per heavy atom. The molecule has 0 radical (unpaired) electrons. The van der Waals surface area contributed by atoms with Crippen LogP contribution in [-0.2, 0) is 4.79 Å². The third-order valence-electron chi connectivity index (χ3n) is 3.86. The Balaban J connectivity index is 1.92. The predicted molar refractivity (Wildman–Crippen MR) is 107 cm³/mol. The van der Waals surface area contributed by atoms with Gasteiger partial charge < -0.3 is 24.3 Å². The van der Waals surface area contributed by atoms with Crippen LogP contribution in [-0.4, -0.2) is 53.0 Å². The Morgan fingerprint density at radius 2 is 1.55 bits per heavy atom. The molecule has 2 N–H and O–H groups in total. The lowest BCUT2D eigenvalue weighted by Gasteiger charge is -2.14. The van der Waals surface area contributed by atoms with Gasteiger partial charge in [-0.25, -0.2) is 5.43 Å². The van der Waals surface area contributed by atoms with Crippen molar-refractivity contribution in [2.24, 2.45) is 5.10 Å². The molecule has 0 unspecified atom stereocenters. The van der Waals surface area contributed by atoms with Gasteiger partial charge in [0.2, 0.25) is 5.75 Å². The standard InChI is InChI=1S/C20H23N3O6/c1-26-15-7-5-13(6-8-15)11-22-23-18(24)12-21-20(25)14-9-16(27-2)19(29-4)17(10-14)28-3/h5-11H,12H2,1-4H3,(H,21,25)(H,23,24)/b22-11+. The Kier molecular flexibility index (Phi) is 7.84. The Bertz CT molecular complexity index is 855. The molecule has 0 spiro atoms. The predicted octanol–water partition coefficient (Wildman–Crippen LogP) is 1.60. The Hall–Kier alpha value is -3.75. The minimum absolute atomic E-state index is 0.255. The second kappa shape index (κ2) is 10.5. The molecule has 0 aliphatic heterocycles. The molecule has 2 rings (SSSR count). The number of hydrazone groups is 1. The van der Waals surface area contributed by atoms with Crippen LogP contribution in [0.4, 0.5) is 0 Å². The lowest BCUT2D eigenvalue weighted by atomic mass is 10.1. The van der Waals surface area contributed by atoms with Gasteiger partial charge in [0.1, 0.15) is 5.75 Å². The highest BCUT2D eigenvalue weighted by atomic mass is 16.5. The van der Waals surface area contributed by atoms with E-state index in [4.69, 9.17) is 18.9 Å². The minimum atomic E-state index is -0.476. The summed E-state index contributed by atoms with van der Waals surface area (Å²) in [5, 5.41) is 6.36. The lowest BCUT2D eigenvalue weighted by Crippen LogP contribution is -2.34. The van der Waals surface area contributed by atoms with Crippen LogP contribution in [0.5, 0.6) is 23.0 Å². The SMILES string of the molecule is COc1ccc(/C=N/NC(=O)CNC(=O)c2cc(OC)c(OC)c(OC)c2)cc1. The summed E-state index contributed by atoms with van der Waals surface area (Å²) in [4.78, 5) is 24.2. The smallest absolute Gasteiger partial charge is 0.259 e. The van der Waals surface area contributed by atoms with E-state index in [1.54, 1.807) is 31.4 Å².